The topological polar surface area (TPSA) is 72.3 Å². The van der Waals surface area contributed by atoms with Crippen LogP contribution in [0.2, 0.25) is 0 Å². The molecule has 0 bridgehead atoms. The lowest BCUT2D eigenvalue weighted by molar-refractivity contribution is 0.667. The number of H-pyrrole nitrogens is 1. The fourth-order valence-electron chi connectivity index (χ4n) is 15.1. The van der Waals surface area contributed by atoms with Crippen molar-refractivity contribution in [1.82, 2.24) is 29.5 Å². The predicted molar refractivity (Wildman–Crippen MR) is 405 cm³/mol. The number of rotatable bonds is 5. The second kappa shape index (κ2) is 22.2. The third-order valence-corrected chi connectivity index (χ3v) is 22.5. The van der Waals surface area contributed by atoms with E-state index >= 15 is 0 Å². The standard InChI is InChI=1S/C43H29N3S.C23H17NS.C20H13BrN2/c1-43(2)34-20-9-6-18-31(34)40-37(43)33-24-23-30-29-17-8-11-22-36(29)46(39(30)41(33)47-40)28-16-12-15-27(25-28)42-44-35-21-10-7-19-32(35)38(45-42)26-13-4-3-5-14-26;1-23(2)17-9-5-3-8-15(17)21-19(23)16-12-11-14-13-7-4-6-10-18(13)24-20(14)22(16)25-21;21-16-10-6-9-15(13-16)20-22-18-12-5-4-11-17(18)19(23-20)14-7-2-1-3-8-14/h3-25H,1-2H3;3-12,24H,1-2H3;1-13H. The molecule has 0 radical (unpaired) electrons. The molecule has 1 N–H and O–H groups in total. The SMILES string of the molecule is Brc1cccc(-c2nc(-c3ccccc3)c3ccccc3n2)c1.CC1(C)c2ccccc2-c2sc3c(ccc4c5ccccc5[nH]c43)c21.CC1(C)c2ccccc2-c2sc3c(ccc4c5ccccc5n(-c5cccc(-c6nc(-c7ccccc7)c7ccccc7n6)c5)c43)c21. The smallest absolute Gasteiger partial charge is 0.160 e. The maximum Gasteiger partial charge on any atom is 0.160 e. The normalized spacial score (nSPS) is 13.3. The van der Waals surface area contributed by atoms with Crippen LogP contribution in [0, 0.1) is 0 Å². The Morgan fingerprint density at radius 3 is 1.44 bits per heavy atom. The number of hydrogen-bond acceptors (Lipinski definition) is 6. The summed E-state index contributed by atoms with van der Waals surface area (Å²) in [6, 6.07) is 98.4. The highest BCUT2D eigenvalue weighted by atomic mass is 79.9. The van der Waals surface area contributed by atoms with Crippen molar-refractivity contribution >= 4 is 124 Å². The van der Waals surface area contributed by atoms with Crippen LogP contribution in [0.1, 0.15) is 49.9 Å². The molecule has 0 unspecified atom stereocenters. The maximum atomic E-state index is 5.19. The molecule has 0 spiro atoms. The van der Waals surface area contributed by atoms with Crippen LogP contribution in [0.3, 0.4) is 0 Å². The van der Waals surface area contributed by atoms with Crippen molar-refractivity contribution in [2.75, 3.05) is 0 Å². The number of aromatic amines is 1. The van der Waals surface area contributed by atoms with Crippen molar-refractivity contribution in [3.05, 3.63) is 306 Å². The summed E-state index contributed by atoms with van der Waals surface area (Å²) in [6.07, 6.45) is 0. The fourth-order valence-corrected chi connectivity index (χ4v) is 18.6. The quantitative estimate of drug-likeness (QED) is 0.186. The van der Waals surface area contributed by atoms with E-state index in [1.165, 1.54) is 107 Å². The third-order valence-electron chi connectivity index (χ3n) is 19.5. The lowest BCUT2D eigenvalue weighted by atomic mass is 9.81. The highest BCUT2D eigenvalue weighted by Gasteiger charge is 2.40. The second-order valence-electron chi connectivity index (χ2n) is 25.8. The van der Waals surface area contributed by atoms with E-state index < -0.39 is 0 Å². The van der Waals surface area contributed by atoms with Gasteiger partial charge in [0.1, 0.15) is 0 Å². The van der Waals surface area contributed by atoms with Gasteiger partial charge in [0.25, 0.3) is 0 Å². The molecule has 20 rings (SSSR count). The van der Waals surface area contributed by atoms with Gasteiger partial charge < -0.3 is 9.55 Å². The molecule has 9 heteroatoms. The van der Waals surface area contributed by atoms with Crippen LogP contribution in [0.4, 0.5) is 0 Å². The minimum atomic E-state index is -0.0570. The third kappa shape index (κ3) is 9.16. The Morgan fingerprint density at radius 2 is 0.832 bits per heavy atom. The second-order valence-corrected chi connectivity index (χ2v) is 28.8. The van der Waals surface area contributed by atoms with Gasteiger partial charge in [-0.3, -0.25) is 0 Å². The van der Waals surface area contributed by atoms with Gasteiger partial charge in [-0.05, 0) is 92.7 Å². The summed E-state index contributed by atoms with van der Waals surface area (Å²) in [5.41, 5.74) is 22.7. The Bertz CT molecular complexity index is 6130. The van der Waals surface area contributed by atoms with Crippen LogP contribution in [0.25, 0.3) is 157 Å². The van der Waals surface area contributed by atoms with Crippen molar-refractivity contribution in [2.45, 2.75) is 38.5 Å². The first-order chi connectivity index (χ1) is 46.5. The van der Waals surface area contributed by atoms with Gasteiger partial charge in [0.05, 0.1) is 48.4 Å². The first-order valence-electron chi connectivity index (χ1n) is 32.2. The van der Waals surface area contributed by atoms with Gasteiger partial charge >= 0.3 is 0 Å². The molecule has 6 nitrogen and oxygen atoms in total. The van der Waals surface area contributed by atoms with E-state index in [-0.39, 0.29) is 10.8 Å². The largest absolute Gasteiger partial charge is 0.353 e. The Hall–Kier alpha value is -10.7. The zero-order valence-electron chi connectivity index (χ0n) is 52.5. The predicted octanol–water partition coefficient (Wildman–Crippen LogP) is 24.2. The van der Waals surface area contributed by atoms with Crippen LogP contribution < -0.4 is 0 Å². The Balaban J connectivity index is 0.000000115. The summed E-state index contributed by atoms with van der Waals surface area (Å²) in [7, 11) is 0. The minimum Gasteiger partial charge on any atom is -0.353 e. The molecule has 0 saturated carbocycles. The molecule has 0 aliphatic heterocycles. The summed E-state index contributed by atoms with van der Waals surface area (Å²) in [5, 5.41) is 10.1. The molecule has 6 heterocycles. The monoisotopic (exact) mass is 1320 g/mol. The first-order valence-corrected chi connectivity index (χ1v) is 34.6. The molecule has 0 amide bonds. The van der Waals surface area contributed by atoms with Gasteiger partial charge in [-0.2, -0.15) is 0 Å². The molecule has 2 aliphatic carbocycles. The Morgan fingerprint density at radius 1 is 0.368 bits per heavy atom. The number of benzene rings is 12. The van der Waals surface area contributed by atoms with Gasteiger partial charge in [0.15, 0.2) is 11.6 Å². The van der Waals surface area contributed by atoms with E-state index in [2.05, 4.69) is 259 Å². The van der Waals surface area contributed by atoms with E-state index in [1.807, 2.05) is 95.5 Å². The maximum absolute atomic E-state index is 5.19. The Labute approximate surface area is 565 Å². The van der Waals surface area contributed by atoms with Crippen LogP contribution in [0.5, 0.6) is 0 Å². The number of thiophene rings is 2. The number of aromatic nitrogens is 6. The van der Waals surface area contributed by atoms with Gasteiger partial charge in [-0.1, -0.05) is 274 Å². The zero-order valence-corrected chi connectivity index (χ0v) is 55.7. The van der Waals surface area contributed by atoms with Crippen LogP contribution >= 0.6 is 38.6 Å². The molecule has 2 aliphatic rings. The summed E-state index contributed by atoms with van der Waals surface area (Å²) in [5.74, 6) is 1.47. The van der Waals surface area contributed by atoms with Crippen LogP contribution in [0.15, 0.2) is 284 Å². The minimum absolute atomic E-state index is 0.0570. The van der Waals surface area contributed by atoms with Gasteiger partial charge in [0, 0.05) is 90.8 Å². The van der Waals surface area contributed by atoms with Gasteiger partial charge in [0.2, 0.25) is 0 Å². The van der Waals surface area contributed by atoms with Crippen molar-refractivity contribution in [2.24, 2.45) is 0 Å². The molecule has 18 aromatic rings. The van der Waals surface area contributed by atoms with E-state index in [9.17, 15) is 0 Å². The Kier molecular flexibility index (Phi) is 13.4. The van der Waals surface area contributed by atoms with Gasteiger partial charge in [-0.25, -0.2) is 19.9 Å². The molecular weight excluding hydrogens is 1260 g/mol. The van der Waals surface area contributed by atoms with Crippen LogP contribution in [-0.2, 0) is 10.8 Å². The summed E-state index contributed by atoms with van der Waals surface area (Å²) < 4.78 is 6.21. The highest BCUT2D eigenvalue weighted by Crippen LogP contribution is 2.58. The molecular formula is C86H59BrN6S2. The van der Waals surface area contributed by atoms with Gasteiger partial charge in [-0.15, -0.1) is 22.7 Å². The van der Waals surface area contributed by atoms with Crippen molar-refractivity contribution in [3.8, 4) is 71.9 Å². The van der Waals surface area contributed by atoms with Crippen molar-refractivity contribution in [3.63, 3.8) is 0 Å². The summed E-state index contributed by atoms with van der Waals surface area (Å²) in [6.45, 7) is 9.47. The number of hydrogen-bond donors (Lipinski definition) is 1. The first kappa shape index (κ1) is 57.0. The summed E-state index contributed by atoms with van der Waals surface area (Å²) >= 11 is 7.40. The number of para-hydroxylation sites is 4. The molecule has 6 aromatic heterocycles. The summed E-state index contributed by atoms with van der Waals surface area (Å²) in [4.78, 5) is 26.4. The molecule has 95 heavy (non-hydrogen) atoms. The number of nitrogens with one attached hydrogen (secondary N) is 1. The van der Waals surface area contributed by atoms with E-state index in [0.717, 1.165) is 77.3 Å². The average molecular weight is 1320 g/mol. The number of fused-ring (bicyclic) bond motifs is 20. The molecule has 0 saturated heterocycles. The molecule has 452 valence electrons. The molecule has 0 fully saturated rings. The highest BCUT2D eigenvalue weighted by molar-refractivity contribution is 9.10. The lowest BCUT2D eigenvalue weighted by Crippen LogP contribution is -2.14. The van der Waals surface area contributed by atoms with E-state index in [0.29, 0.717) is 0 Å². The van der Waals surface area contributed by atoms with E-state index in [1.54, 1.807) is 0 Å². The average Bonchev–Trinajstić information content (AvgIpc) is 1.55. The lowest BCUT2D eigenvalue weighted by Gasteiger charge is -2.21. The number of halogens is 1. The molecule has 12 aromatic carbocycles. The van der Waals surface area contributed by atoms with Crippen LogP contribution in [-0.4, -0.2) is 29.5 Å². The van der Waals surface area contributed by atoms with Crippen molar-refractivity contribution < 1.29 is 0 Å². The zero-order chi connectivity index (χ0) is 63.7. The van der Waals surface area contributed by atoms with Crippen molar-refractivity contribution in [1.29, 1.82) is 0 Å². The molecule has 0 atom stereocenters. The number of nitrogens with zero attached hydrogens (tertiary/aromatic N) is 5. The van der Waals surface area contributed by atoms with E-state index in [4.69, 9.17) is 19.9 Å². The fraction of sp³-hybridized carbons (Fsp3) is 0.0698.